The summed E-state index contributed by atoms with van der Waals surface area (Å²) in [5, 5.41) is 3.66. The Kier molecular flexibility index (Phi) is 11.7. The van der Waals surface area contributed by atoms with Crippen LogP contribution < -0.4 is 9.62 Å². The summed E-state index contributed by atoms with van der Waals surface area (Å²) in [6.07, 6.45) is 2.75. The number of amides is 2. The summed E-state index contributed by atoms with van der Waals surface area (Å²) in [6.45, 7) is 8.48. The van der Waals surface area contributed by atoms with E-state index in [0.717, 1.165) is 23.1 Å². The largest absolute Gasteiger partial charge is 0.354 e. The first kappa shape index (κ1) is 30.9. The fourth-order valence-corrected chi connectivity index (χ4v) is 5.44. The van der Waals surface area contributed by atoms with Crippen molar-refractivity contribution in [1.29, 1.82) is 0 Å². The molecule has 37 heavy (non-hydrogen) atoms. The summed E-state index contributed by atoms with van der Waals surface area (Å²) in [5.74, 6) is -0.454. The number of nitrogens with zero attached hydrogens (tertiary/aromatic N) is 2. The molecule has 2 aromatic rings. The molecule has 2 rings (SSSR count). The first-order valence-electron chi connectivity index (χ1n) is 12.5. The molecule has 0 fully saturated rings. The van der Waals surface area contributed by atoms with E-state index < -0.39 is 16.1 Å². The van der Waals surface area contributed by atoms with Gasteiger partial charge in [-0.15, -0.1) is 0 Å². The van der Waals surface area contributed by atoms with Crippen LogP contribution in [0.2, 0.25) is 10.0 Å². The second-order valence-electron chi connectivity index (χ2n) is 9.14. The molecule has 0 bridgehead atoms. The fourth-order valence-electron chi connectivity index (χ4n) is 4.11. The number of aryl methyl sites for hydroxylation is 1. The number of hydrogen-bond donors (Lipinski definition) is 1. The molecule has 0 aliphatic rings. The minimum absolute atomic E-state index is 0.0791. The van der Waals surface area contributed by atoms with Crippen molar-refractivity contribution in [2.45, 2.75) is 66.0 Å². The van der Waals surface area contributed by atoms with E-state index >= 15 is 0 Å². The number of rotatable bonds is 13. The second kappa shape index (κ2) is 14.0. The summed E-state index contributed by atoms with van der Waals surface area (Å²) >= 11 is 12.2. The molecule has 10 heteroatoms. The van der Waals surface area contributed by atoms with E-state index in [1.54, 1.807) is 29.2 Å². The average Bonchev–Trinajstić information content (AvgIpc) is 2.83. The third kappa shape index (κ3) is 8.62. The summed E-state index contributed by atoms with van der Waals surface area (Å²) in [6, 6.07) is 9.97. The van der Waals surface area contributed by atoms with Gasteiger partial charge < -0.3 is 10.2 Å². The molecule has 1 atom stereocenters. The van der Waals surface area contributed by atoms with Gasteiger partial charge in [0.05, 0.1) is 22.0 Å². The second-order valence-corrected chi connectivity index (χ2v) is 11.9. The number of carbonyl (C=O) groups excluding carboxylic acids is 2. The van der Waals surface area contributed by atoms with Gasteiger partial charge in [0.15, 0.2) is 0 Å². The maximum Gasteiger partial charge on any atom is 0.242 e. The van der Waals surface area contributed by atoms with Crippen LogP contribution in [0.25, 0.3) is 0 Å². The van der Waals surface area contributed by atoms with Crippen molar-refractivity contribution in [2.75, 3.05) is 23.7 Å². The highest BCUT2D eigenvalue weighted by Gasteiger charge is 2.29. The standard InChI is InChI=1S/C27H37Cl2N3O4S/c1-6-15-30-27(34)24(7-2)31(18-21-13-14-22(28)23(29)17-21)26(33)12-9-16-32(37(5,35)36)25-11-8-10-19(3)20(25)4/h8,10-11,13-14,17,24H,6-7,9,12,15-16,18H2,1-5H3,(H,30,34)/t24-/m1/s1. The number of hydrogen-bond acceptors (Lipinski definition) is 4. The molecular weight excluding hydrogens is 533 g/mol. The van der Waals surface area contributed by atoms with Crippen LogP contribution in [0.4, 0.5) is 5.69 Å². The van der Waals surface area contributed by atoms with Gasteiger partial charge in [-0.05, 0) is 68.0 Å². The Balaban J connectivity index is 2.26. The molecule has 2 amide bonds. The van der Waals surface area contributed by atoms with Crippen LogP contribution in [-0.4, -0.2) is 50.5 Å². The van der Waals surface area contributed by atoms with E-state index in [4.69, 9.17) is 23.2 Å². The smallest absolute Gasteiger partial charge is 0.242 e. The molecule has 2 aromatic carbocycles. The lowest BCUT2D eigenvalue weighted by atomic mass is 10.1. The highest BCUT2D eigenvalue weighted by atomic mass is 35.5. The molecule has 1 N–H and O–H groups in total. The zero-order valence-corrected chi connectivity index (χ0v) is 24.5. The molecule has 0 aliphatic carbocycles. The van der Waals surface area contributed by atoms with E-state index in [-0.39, 0.29) is 31.3 Å². The van der Waals surface area contributed by atoms with E-state index in [1.807, 2.05) is 39.8 Å². The van der Waals surface area contributed by atoms with Gasteiger partial charge in [0.25, 0.3) is 0 Å². The van der Waals surface area contributed by atoms with Gasteiger partial charge in [-0.1, -0.05) is 55.2 Å². The van der Waals surface area contributed by atoms with Crippen molar-refractivity contribution >= 4 is 50.7 Å². The highest BCUT2D eigenvalue weighted by molar-refractivity contribution is 7.92. The molecule has 0 saturated carbocycles. The topological polar surface area (TPSA) is 86.8 Å². The number of halogens is 2. The number of nitrogens with one attached hydrogen (secondary N) is 1. The lowest BCUT2D eigenvalue weighted by Gasteiger charge is -2.31. The zero-order valence-electron chi connectivity index (χ0n) is 22.2. The van der Waals surface area contributed by atoms with Crippen LogP contribution in [0, 0.1) is 13.8 Å². The molecule has 0 aromatic heterocycles. The minimum Gasteiger partial charge on any atom is -0.354 e. The van der Waals surface area contributed by atoms with Crippen molar-refractivity contribution < 1.29 is 18.0 Å². The fraction of sp³-hybridized carbons (Fsp3) is 0.481. The van der Waals surface area contributed by atoms with Gasteiger partial charge in [0.2, 0.25) is 21.8 Å². The Labute approximate surface area is 231 Å². The van der Waals surface area contributed by atoms with Crippen LogP contribution in [-0.2, 0) is 26.2 Å². The van der Waals surface area contributed by atoms with Crippen molar-refractivity contribution in [2.24, 2.45) is 0 Å². The quantitative estimate of drug-likeness (QED) is 0.345. The Hall–Kier alpha value is -2.29. The molecule has 0 spiro atoms. The Morgan fingerprint density at radius 2 is 1.76 bits per heavy atom. The van der Waals surface area contributed by atoms with E-state index in [0.29, 0.717) is 35.1 Å². The Bertz CT molecular complexity index is 1200. The van der Waals surface area contributed by atoms with E-state index in [1.165, 1.54) is 10.6 Å². The van der Waals surface area contributed by atoms with Crippen LogP contribution in [0.15, 0.2) is 36.4 Å². The highest BCUT2D eigenvalue weighted by Crippen LogP contribution is 2.26. The van der Waals surface area contributed by atoms with Gasteiger partial charge in [0.1, 0.15) is 6.04 Å². The van der Waals surface area contributed by atoms with Crippen LogP contribution in [0.1, 0.15) is 56.2 Å². The van der Waals surface area contributed by atoms with E-state index in [9.17, 15) is 18.0 Å². The van der Waals surface area contributed by atoms with E-state index in [2.05, 4.69) is 5.32 Å². The normalized spacial score (nSPS) is 12.2. The first-order chi connectivity index (χ1) is 17.4. The third-order valence-corrected chi connectivity index (χ3v) is 8.19. The first-order valence-corrected chi connectivity index (χ1v) is 15.1. The summed E-state index contributed by atoms with van der Waals surface area (Å²) < 4.78 is 26.6. The predicted octanol–water partition coefficient (Wildman–Crippen LogP) is 5.49. The number of anilines is 1. The van der Waals surface area contributed by atoms with Gasteiger partial charge in [-0.3, -0.25) is 13.9 Å². The van der Waals surface area contributed by atoms with Gasteiger partial charge in [0, 0.05) is 26.1 Å². The summed E-state index contributed by atoms with van der Waals surface area (Å²) in [5.41, 5.74) is 3.21. The van der Waals surface area contributed by atoms with Crippen molar-refractivity contribution in [3.05, 3.63) is 63.1 Å². The van der Waals surface area contributed by atoms with Crippen LogP contribution in [0.3, 0.4) is 0 Å². The van der Waals surface area contributed by atoms with Gasteiger partial charge in [-0.25, -0.2) is 8.42 Å². The molecular formula is C27H37Cl2N3O4S. The molecule has 7 nitrogen and oxygen atoms in total. The van der Waals surface area contributed by atoms with Crippen molar-refractivity contribution in [3.8, 4) is 0 Å². The summed E-state index contributed by atoms with van der Waals surface area (Å²) in [7, 11) is -3.56. The number of carbonyl (C=O) groups is 2. The molecule has 0 aliphatic heterocycles. The van der Waals surface area contributed by atoms with Crippen LogP contribution in [0.5, 0.6) is 0 Å². The monoisotopic (exact) mass is 569 g/mol. The molecule has 0 unspecified atom stereocenters. The van der Waals surface area contributed by atoms with Crippen LogP contribution >= 0.6 is 23.2 Å². The number of benzene rings is 2. The Morgan fingerprint density at radius 3 is 2.35 bits per heavy atom. The van der Waals surface area contributed by atoms with Gasteiger partial charge in [-0.2, -0.15) is 0 Å². The maximum absolute atomic E-state index is 13.5. The third-order valence-electron chi connectivity index (χ3n) is 6.27. The maximum atomic E-state index is 13.5. The average molecular weight is 571 g/mol. The van der Waals surface area contributed by atoms with Gasteiger partial charge >= 0.3 is 0 Å². The SMILES string of the molecule is CCCNC(=O)[C@@H](CC)N(Cc1ccc(Cl)c(Cl)c1)C(=O)CCCN(c1cccc(C)c1C)S(C)(=O)=O. The molecule has 0 radical (unpaired) electrons. The molecule has 204 valence electrons. The molecule has 0 heterocycles. The Morgan fingerprint density at radius 1 is 1.05 bits per heavy atom. The predicted molar refractivity (Wildman–Crippen MR) is 152 cm³/mol. The minimum atomic E-state index is -3.56. The lowest BCUT2D eigenvalue weighted by Crippen LogP contribution is -2.49. The summed E-state index contributed by atoms with van der Waals surface area (Å²) in [4.78, 5) is 28.0. The van der Waals surface area contributed by atoms with Crippen molar-refractivity contribution in [1.82, 2.24) is 10.2 Å². The molecule has 0 saturated heterocycles. The zero-order chi connectivity index (χ0) is 27.8. The lowest BCUT2D eigenvalue weighted by molar-refractivity contribution is -0.141. The number of sulfonamides is 1. The van der Waals surface area contributed by atoms with Crippen molar-refractivity contribution in [3.63, 3.8) is 0 Å².